The normalized spacial score (nSPS) is 18.6. The molecule has 1 heterocycles. The molecule has 4 nitrogen and oxygen atoms in total. The second-order valence-corrected chi connectivity index (χ2v) is 4.42. The molecule has 0 fully saturated rings. The van der Waals surface area contributed by atoms with E-state index in [4.69, 9.17) is 10.5 Å². The molecule has 1 aliphatic rings. The van der Waals surface area contributed by atoms with E-state index in [1.807, 2.05) is 24.0 Å². The molecule has 0 saturated heterocycles. The van der Waals surface area contributed by atoms with Crippen LogP contribution in [0.3, 0.4) is 0 Å². The molecule has 1 amide bonds. The van der Waals surface area contributed by atoms with E-state index in [0.717, 1.165) is 13.0 Å². The third kappa shape index (κ3) is 2.54. The average molecular weight is 248 g/mol. The summed E-state index contributed by atoms with van der Waals surface area (Å²) in [6, 6.07) is 8.19. The molecule has 18 heavy (non-hydrogen) atoms. The third-order valence-electron chi connectivity index (χ3n) is 3.39. The Morgan fingerprint density at radius 3 is 3.00 bits per heavy atom. The van der Waals surface area contributed by atoms with Crippen LogP contribution in [0, 0.1) is 0 Å². The number of carbonyl (C=O) groups excluding carboxylic acids is 1. The highest BCUT2D eigenvalue weighted by Crippen LogP contribution is 2.28. The molecule has 0 aliphatic carbocycles. The summed E-state index contributed by atoms with van der Waals surface area (Å²) in [5, 5.41) is 0. The second kappa shape index (κ2) is 5.98. The zero-order chi connectivity index (χ0) is 13.0. The van der Waals surface area contributed by atoms with Gasteiger partial charge in [0.2, 0.25) is 5.91 Å². The molecule has 2 N–H and O–H groups in total. The van der Waals surface area contributed by atoms with Gasteiger partial charge in [-0.1, -0.05) is 24.3 Å². The van der Waals surface area contributed by atoms with Crippen LogP contribution in [0.1, 0.15) is 24.1 Å². The summed E-state index contributed by atoms with van der Waals surface area (Å²) in [6.07, 6.45) is 0.893. The van der Waals surface area contributed by atoms with Gasteiger partial charge in [-0.3, -0.25) is 4.79 Å². The first-order chi connectivity index (χ1) is 8.77. The van der Waals surface area contributed by atoms with Gasteiger partial charge in [0.1, 0.15) is 6.61 Å². The highest BCUT2D eigenvalue weighted by atomic mass is 16.5. The van der Waals surface area contributed by atoms with Crippen molar-refractivity contribution in [1.82, 2.24) is 4.90 Å². The summed E-state index contributed by atoms with van der Waals surface area (Å²) in [6.45, 7) is 3.78. The standard InChI is InChI=1S/C14H20N2O2/c1-2-18-10-14(17)16-8-7-11-5-3-4-6-12(11)13(16)9-15/h3-6,13H,2,7-10,15H2,1H3. The van der Waals surface area contributed by atoms with Crippen molar-refractivity contribution in [2.45, 2.75) is 19.4 Å². The molecular weight excluding hydrogens is 228 g/mol. The number of carbonyl (C=O) groups is 1. The van der Waals surface area contributed by atoms with Crippen LogP contribution in [0.5, 0.6) is 0 Å². The first kappa shape index (κ1) is 13.1. The third-order valence-corrected chi connectivity index (χ3v) is 3.39. The first-order valence-corrected chi connectivity index (χ1v) is 6.43. The number of hydrogen-bond acceptors (Lipinski definition) is 3. The van der Waals surface area contributed by atoms with Crippen LogP contribution in [0.25, 0.3) is 0 Å². The fourth-order valence-corrected chi connectivity index (χ4v) is 2.48. The minimum absolute atomic E-state index is 0.0112. The maximum Gasteiger partial charge on any atom is 0.249 e. The molecule has 0 aromatic heterocycles. The van der Waals surface area contributed by atoms with Gasteiger partial charge in [0, 0.05) is 19.7 Å². The molecule has 98 valence electrons. The van der Waals surface area contributed by atoms with E-state index in [1.54, 1.807) is 0 Å². The van der Waals surface area contributed by atoms with E-state index in [-0.39, 0.29) is 18.6 Å². The average Bonchev–Trinajstić information content (AvgIpc) is 2.43. The SMILES string of the molecule is CCOCC(=O)N1CCc2ccccc2C1CN. The quantitative estimate of drug-likeness (QED) is 0.868. The molecule has 0 saturated carbocycles. The molecule has 1 unspecified atom stereocenters. The van der Waals surface area contributed by atoms with Crippen LogP contribution in [0.2, 0.25) is 0 Å². The Morgan fingerprint density at radius 2 is 2.28 bits per heavy atom. The smallest absolute Gasteiger partial charge is 0.249 e. The van der Waals surface area contributed by atoms with Crippen molar-refractivity contribution in [1.29, 1.82) is 0 Å². The Morgan fingerprint density at radius 1 is 1.50 bits per heavy atom. The fraction of sp³-hybridized carbons (Fsp3) is 0.500. The minimum Gasteiger partial charge on any atom is -0.372 e. The van der Waals surface area contributed by atoms with Crippen molar-refractivity contribution in [3.63, 3.8) is 0 Å². The van der Waals surface area contributed by atoms with Gasteiger partial charge in [0.15, 0.2) is 0 Å². The summed E-state index contributed by atoms with van der Waals surface area (Å²) in [5.74, 6) is 0.0294. The number of rotatable bonds is 4. The zero-order valence-electron chi connectivity index (χ0n) is 10.8. The number of ether oxygens (including phenoxy) is 1. The van der Waals surface area contributed by atoms with Gasteiger partial charge in [-0.05, 0) is 24.5 Å². The molecular formula is C14H20N2O2. The molecule has 1 atom stereocenters. The Kier molecular flexibility index (Phi) is 4.33. The molecule has 1 aliphatic heterocycles. The number of fused-ring (bicyclic) bond motifs is 1. The van der Waals surface area contributed by atoms with Crippen molar-refractivity contribution >= 4 is 5.91 Å². The van der Waals surface area contributed by atoms with Crippen LogP contribution in [0.4, 0.5) is 0 Å². The van der Waals surface area contributed by atoms with Gasteiger partial charge in [0.05, 0.1) is 6.04 Å². The number of benzene rings is 1. The lowest BCUT2D eigenvalue weighted by atomic mass is 9.92. The van der Waals surface area contributed by atoms with Gasteiger partial charge >= 0.3 is 0 Å². The number of nitrogens with two attached hydrogens (primary N) is 1. The summed E-state index contributed by atoms with van der Waals surface area (Å²) >= 11 is 0. The summed E-state index contributed by atoms with van der Waals surface area (Å²) in [7, 11) is 0. The molecule has 1 aromatic rings. The molecule has 0 radical (unpaired) electrons. The molecule has 2 rings (SSSR count). The van der Waals surface area contributed by atoms with Crippen LogP contribution in [-0.4, -0.2) is 37.1 Å². The van der Waals surface area contributed by atoms with Crippen molar-refractivity contribution in [3.05, 3.63) is 35.4 Å². The lowest BCUT2D eigenvalue weighted by molar-refractivity contribution is -0.138. The summed E-state index contributed by atoms with van der Waals surface area (Å²) in [5.41, 5.74) is 8.32. The predicted octanol–water partition coefficient (Wildman–Crippen LogP) is 1.11. The summed E-state index contributed by atoms with van der Waals surface area (Å²) < 4.78 is 5.20. The van der Waals surface area contributed by atoms with Crippen LogP contribution in [0.15, 0.2) is 24.3 Å². The Balaban J connectivity index is 2.17. The van der Waals surface area contributed by atoms with Crippen molar-refractivity contribution in [2.75, 3.05) is 26.3 Å². The van der Waals surface area contributed by atoms with E-state index < -0.39 is 0 Å². The highest BCUT2D eigenvalue weighted by molar-refractivity contribution is 5.78. The van der Waals surface area contributed by atoms with E-state index in [0.29, 0.717) is 13.2 Å². The maximum atomic E-state index is 12.1. The fourth-order valence-electron chi connectivity index (χ4n) is 2.48. The maximum absolute atomic E-state index is 12.1. The largest absolute Gasteiger partial charge is 0.372 e. The first-order valence-electron chi connectivity index (χ1n) is 6.43. The van der Waals surface area contributed by atoms with E-state index >= 15 is 0 Å². The zero-order valence-corrected chi connectivity index (χ0v) is 10.8. The molecule has 0 bridgehead atoms. The van der Waals surface area contributed by atoms with E-state index in [2.05, 4.69) is 12.1 Å². The highest BCUT2D eigenvalue weighted by Gasteiger charge is 2.29. The second-order valence-electron chi connectivity index (χ2n) is 4.42. The van der Waals surface area contributed by atoms with Gasteiger partial charge in [-0.15, -0.1) is 0 Å². The Hall–Kier alpha value is -1.39. The molecule has 1 aromatic carbocycles. The monoisotopic (exact) mass is 248 g/mol. The molecule has 0 spiro atoms. The van der Waals surface area contributed by atoms with Crippen molar-refractivity contribution in [2.24, 2.45) is 5.73 Å². The van der Waals surface area contributed by atoms with Crippen LogP contribution >= 0.6 is 0 Å². The van der Waals surface area contributed by atoms with E-state index in [1.165, 1.54) is 11.1 Å². The van der Waals surface area contributed by atoms with Gasteiger partial charge < -0.3 is 15.4 Å². The summed E-state index contributed by atoms with van der Waals surface area (Å²) in [4.78, 5) is 13.9. The van der Waals surface area contributed by atoms with Crippen molar-refractivity contribution in [3.8, 4) is 0 Å². The lowest BCUT2D eigenvalue weighted by Crippen LogP contribution is -2.44. The predicted molar refractivity (Wildman–Crippen MR) is 70.1 cm³/mol. The lowest BCUT2D eigenvalue weighted by Gasteiger charge is -2.36. The number of amides is 1. The minimum atomic E-state index is -0.0112. The van der Waals surface area contributed by atoms with Gasteiger partial charge in [-0.2, -0.15) is 0 Å². The number of hydrogen-bond donors (Lipinski definition) is 1. The van der Waals surface area contributed by atoms with Gasteiger partial charge in [-0.25, -0.2) is 0 Å². The Bertz CT molecular complexity index is 420. The van der Waals surface area contributed by atoms with E-state index in [9.17, 15) is 4.79 Å². The van der Waals surface area contributed by atoms with Gasteiger partial charge in [0.25, 0.3) is 0 Å². The van der Waals surface area contributed by atoms with Crippen LogP contribution < -0.4 is 5.73 Å². The number of nitrogens with zero attached hydrogens (tertiary/aromatic N) is 1. The molecule has 4 heteroatoms. The Labute approximate surface area is 108 Å². The topological polar surface area (TPSA) is 55.6 Å². The van der Waals surface area contributed by atoms with Crippen LogP contribution in [-0.2, 0) is 16.0 Å². The van der Waals surface area contributed by atoms with Crippen molar-refractivity contribution < 1.29 is 9.53 Å².